The lowest BCUT2D eigenvalue weighted by molar-refractivity contribution is 0.449. The summed E-state index contributed by atoms with van der Waals surface area (Å²) in [6.45, 7) is 2.21. The second-order valence-electron chi connectivity index (χ2n) is 5.78. The second kappa shape index (κ2) is 4.76. The maximum Gasteiger partial charge on any atom is 0.243 e. The van der Waals surface area contributed by atoms with E-state index in [1.165, 1.54) is 0 Å². The summed E-state index contributed by atoms with van der Waals surface area (Å²) in [6.07, 6.45) is 4.41. The van der Waals surface area contributed by atoms with Crippen molar-refractivity contribution in [2.45, 2.75) is 17.4 Å². The summed E-state index contributed by atoms with van der Waals surface area (Å²) in [6, 6.07) is 7.46. The van der Waals surface area contributed by atoms with Crippen molar-refractivity contribution in [3.05, 3.63) is 36.7 Å². The van der Waals surface area contributed by atoms with Gasteiger partial charge >= 0.3 is 0 Å². The van der Waals surface area contributed by atoms with Gasteiger partial charge < -0.3 is 5.32 Å². The molecule has 110 valence electrons. The van der Waals surface area contributed by atoms with Crippen molar-refractivity contribution in [1.29, 1.82) is 0 Å². The highest BCUT2D eigenvalue weighted by molar-refractivity contribution is 7.89. The number of hydrogen-bond donors (Lipinski definition) is 1. The molecule has 2 saturated heterocycles. The first-order valence-electron chi connectivity index (χ1n) is 7.22. The predicted molar refractivity (Wildman–Crippen MR) is 80.4 cm³/mol. The molecule has 5 nitrogen and oxygen atoms in total. The fourth-order valence-corrected chi connectivity index (χ4v) is 5.20. The van der Waals surface area contributed by atoms with Gasteiger partial charge in [0, 0.05) is 42.3 Å². The van der Waals surface area contributed by atoms with Crippen molar-refractivity contribution in [1.82, 2.24) is 14.6 Å². The van der Waals surface area contributed by atoms with Crippen LogP contribution in [-0.2, 0) is 10.0 Å². The van der Waals surface area contributed by atoms with Crippen LogP contribution < -0.4 is 5.32 Å². The molecule has 0 aliphatic carbocycles. The third-order valence-electron chi connectivity index (χ3n) is 4.59. The van der Waals surface area contributed by atoms with E-state index in [-0.39, 0.29) is 0 Å². The molecule has 1 aromatic carbocycles. The lowest BCUT2D eigenvalue weighted by atomic mass is 10.1. The van der Waals surface area contributed by atoms with Gasteiger partial charge in [-0.05, 0) is 31.0 Å². The molecule has 1 N–H and O–H groups in total. The second-order valence-corrected chi connectivity index (χ2v) is 7.69. The van der Waals surface area contributed by atoms with Crippen LogP contribution in [0.15, 0.2) is 41.6 Å². The molecular formula is C15H17N3O2S. The first-order chi connectivity index (χ1) is 10.2. The summed E-state index contributed by atoms with van der Waals surface area (Å²) in [7, 11) is -3.44. The number of benzene rings is 1. The Labute approximate surface area is 124 Å². The van der Waals surface area contributed by atoms with Gasteiger partial charge in [0.2, 0.25) is 10.0 Å². The van der Waals surface area contributed by atoms with Crippen LogP contribution in [0.1, 0.15) is 6.42 Å². The highest BCUT2D eigenvalue weighted by Gasteiger charge is 2.41. The molecule has 1 aromatic heterocycles. The molecule has 6 heteroatoms. The molecule has 0 unspecified atom stereocenters. The molecule has 21 heavy (non-hydrogen) atoms. The van der Waals surface area contributed by atoms with Gasteiger partial charge in [0.25, 0.3) is 0 Å². The molecule has 0 bridgehead atoms. The molecular weight excluding hydrogens is 286 g/mol. The maximum absolute atomic E-state index is 13.0. The van der Waals surface area contributed by atoms with E-state index in [4.69, 9.17) is 0 Å². The topological polar surface area (TPSA) is 62.3 Å². The van der Waals surface area contributed by atoms with Gasteiger partial charge in [-0.2, -0.15) is 4.31 Å². The molecule has 0 spiro atoms. The number of sulfonamides is 1. The summed E-state index contributed by atoms with van der Waals surface area (Å²) < 4.78 is 27.5. The molecule has 3 heterocycles. The van der Waals surface area contributed by atoms with Gasteiger partial charge in [-0.1, -0.05) is 12.1 Å². The Morgan fingerprint density at radius 3 is 3.00 bits per heavy atom. The van der Waals surface area contributed by atoms with Gasteiger partial charge in [-0.15, -0.1) is 0 Å². The number of nitrogens with one attached hydrogen (secondary N) is 1. The number of fused-ring (bicyclic) bond motifs is 2. The summed E-state index contributed by atoms with van der Waals surface area (Å²) >= 11 is 0. The van der Waals surface area contributed by atoms with E-state index < -0.39 is 10.0 Å². The largest absolute Gasteiger partial charge is 0.312 e. The van der Waals surface area contributed by atoms with Crippen molar-refractivity contribution in [2.75, 3.05) is 19.6 Å². The van der Waals surface area contributed by atoms with Gasteiger partial charge in [-0.3, -0.25) is 4.98 Å². The Bertz CT molecular complexity index is 773. The highest BCUT2D eigenvalue weighted by Crippen LogP contribution is 2.31. The SMILES string of the molecule is O=S(=O)(c1cccc2cnccc12)N1C[C@@H]2CCN[C@@H]2C1. The third kappa shape index (κ3) is 2.06. The van der Waals surface area contributed by atoms with Crippen LogP contribution >= 0.6 is 0 Å². The van der Waals surface area contributed by atoms with Crippen LogP contribution in [0.3, 0.4) is 0 Å². The monoisotopic (exact) mass is 303 g/mol. The summed E-state index contributed by atoms with van der Waals surface area (Å²) in [5, 5.41) is 5.00. The minimum Gasteiger partial charge on any atom is -0.312 e. The van der Waals surface area contributed by atoms with Gasteiger partial charge in [0.05, 0.1) is 4.90 Å². The first-order valence-corrected chi connectivity index (χ1v) is 8.66. The van der Waals surface area contributed by atoms with Crippen molar-refractivity contribution in [3.8, 4) is 0 Å². The van der Waals surface area contributed by atoms with E-state index in [0.717, 1.165) is 23.7 Å². The van der Waals surface area contributed by atoms with E-state index in [9.17, 15) is 8.42 Å². The number of pyridine rings is 1. The van der Waals surface area contributed by atoms with Gasteiger partial charge in [0.1, 0.15) is 0 Å². The van der Waals surface area contributed by atoms with Crippen molar-refractivity contribution in [3.63, 3.8) is 0 Å². The Balaban J connectivity index is 1.77. The molecule has 4 rings (SSSR count). The maximum atomic E-state index is 13.0. The highest BCUT2D eigenvalue weighted by atomic mass is 32.2. The van der Waals surface area contributed by atoms with E-state index >= 15 is 0 Å². The smallest absolute Gasteiger partial charge is 0.243 e. The fraction of sp³-hybridized carbons (Fsp3) is 0.400. The quantitative estimate of drug-likeness (QED) is 0.906. The molecule has 2 atom stereocenters. The number of nitrogens with zero attached hydrogens (tertiary/aromatic N) is 2. The number of hydrogen-bond acceptors (Lipinski definition) is 4. The fourth-order valence-electron chi connectivity index (χ4n) is 3.46. The summed E-state index contributed by atoms with van der Waals surface area (Å²) in [4.78, 5) is 4.45. The molecule has 2 aliphatic rings. The van der Waals surface area contributed by atoms with Crippen molar-refractivity contribution >= 4 is 20.8 Å². The molecule has 2 fully saturated rings. The average Bonchev–Trinajstić information content (AvgIpc) is 3.08. The minimum absolute atomic E-state index is 0.316. The lowest BCUT2D eigenvalue weighted by Crippen LogP contribution is -2.34. The Hall–Kier alpha value is -1.50. The Morgan fingerprint density at radius 2 is 2.14 bits per heavy atom. The lowest BCUT2D eigenvalue weighted by Gasteiger charge is -2.18. The van der Waals surface area contributed by atoms with Crippen LogP contribution in [0.4, 0.5) is 0 Å². The zero-order valence-corrected chi connectivity index (χ0v) is 12.4. The van der Waals surface area contributed by atoms with Gasteiger partial charge in [0.15, 0.2) is 0 Å². The van der Waals surface area contributed by atoms with E-state index in [1.54, 1.807) is 34.9 Å². The minimum atomic E-state index is -3.44. The molecule has 0 radical (unpaired) electrons. The zero-order chi connectivity index (χ0) is 14.4. The third-order valence-corrected chi connectivity index (χ3v) is 6.48. The van der Waals surface area contributed by atoms with Crippen molar-refractivity contribution < 1.29 is 8.42 Å². The van der Waals surface area contributed by atoms with E-state index in [0.29, 0.717) is 29.9 Å². The van der Waals surface area contributed by atoms with Gasteiger partial charge in [-0.25, -0.2) is 8.42 Å². The van der Waals surface area contributed by atoms with Crippen LogP contribution in [0.5, 0.6) is 0 Å². The number of aromatic nitrogens is 1. The zero-order valence-electron chi connectivity index (χ0n) is 11.6. The molecule has 2 aromatic rings. The van der Waals surface area contributed by atoms with Crippen molar-refractivity contribution in [2.24, 2.45) is 5.92 Å². The van der Waals surface area contributed by atoms with E-state index in [2.05, 4.69) is 10.3 Å². The Morgan fingerprint density at radius 1 is 1.24 bits per heavy atom. The van der Waals surface area contributed by atoms with Crippen LogP contribution in [-0.4, -0.2) is 43.4 Å². The normalized spacial score (nSPS) is 26.3. The Kier molecular flexibility index (Phi) is 2.99. The standard InChI is InChI=1S/C15H17N3O2S/c19-21(20,18-9-12-4-7-17-14(12)10-18)15-3-1-2-11-8-16-6-5-13(11)15/h1-3,5-6,8,12,14,17H,4,7,9-10H2/t12-,14+/m0/s1. The predicted octanol–water partition coefficient (Wildman–Crippen LogP) is 1.22. The molecule has 0 saturated carbocycles. The summed E-state index contributed by atoms with van der Waals surface area (Å²) in [5.41, 5.74) is 0. The molecule has 0 amide bonds. The average molecular weight is 303 g/mol. The van der Waals surface area contributed by atoms with E-state index in [1.807, 2.05) is 6.07 Å². The summed E-state index contributed by atoms with van der Waals surface area (Å²) in [5.74, 6) is 0.455. The first kappa shape index (κ1) is 13.2. The van der Waals surface area contributed by atoms with Crippen LogP contribution in [0.2, 0.25) is 0 Å². The van der Waals surface area contributed by atoms with Crippen LogP contribution in [0.25, 0.3) is 10.8 Å². The number of rotatable bonds is 2. The van der Waals surface area contributed by atoms with Crippen LogP contribution in [0, 0.1) is 5.92 Å². The molecule has 2 aliphatic heterocycles.